The highest BCUT2D eigenvalue weighted by Crippen LogP contribution is 2.40. The third-order valence-corrected chi connectivity index (χ3v) is 4.40. The van der Waals surface area contributed by atoms with Gasteiger partial charge in [-0.25, -0.2) is 14.4 Å². The summed E-state index contributed by atoms with van der Waals surface area (Å²) in [5.41, 5.74) is 2.08. The lowest BCUT2D eigenvalue weighted by Crippen LogP contribution is -2.12. The molecule has 22 heavy (non-hydrogen) atoms. The molecule has 0 radical (unpaired) electrons. The Balaban J connectivity index is 2.29. The molecule has 0 aliphatic rings. The van der Waals surface area contributed by atoms with Crippen molar-refractivity contribution in [3.63, 3.8) is 0 Å². The predicted molar refractivity (Wildman–Crippen MR) is 91.0 cm³/mol. The number of hydrogen-bond acceptors (Lipinski definition) is 4. The molecule has 3 rings (SSSR count). The van der Waals surface area contributed by atoms with Gasteiger partial charge in [-0.15, -0.1) is 11.3 Å². The van der Waals surface area contributed by atoms with E-state index in [4.69, 9.17) is 0 Å². The summed E-state index contributed by atoms with van der Waals surface area (Å²) in [6.45, 7) is 8.14. The number of hydrogen-bond donors (Lipinski definition) is 1. The van der Waals surface area contributed by atoms with Gasteiger partial charge in [0.1, 0.15) is 22.3 Å². The molecule has 0 bridgehead atoms. The number of aromatic nitrogens is 2. The van der Waals surface area contributed by atoms with E-state index in [1.165, 1.54) is 12.1 Å². The lowest BCUT2D eigenvalue weighted by Gasteiger charge is -2.12. The van der Waals surface area contributed by atoms with E-state index in [2.05, 4.69) is 36.1 Å². The quantitative estimate of drug-likeness (QED) is 0.744. The van der Waals surface area contributed by atoms with E-state index >= 15 is 0 Å². The number of thiophene rings is 1. The summed E-state index contributed by atoms with van der Waals surface area (Å²) < 4.78 is 13.2. The highest BCUT2D eigenvalue weighted by atomic mass is 32.1. The van der Waals surface area contributed by atoms with Gasteiger partial charge in [-0.1, -0.05) is 12.1 Å². The molecule has 0 atom stereocenters. The summed E-state index contributed by atoms with van der Waals surface area (Å²) in [6.07, 6.45) is 0. The Morgan fingerprint density at radius 3 is 2.41 bits per heavy atom. The number of nitrogens with one attached hydrogen (secondary N) is 1. The molecule has 3 aromatic rings. The monoisotopic (exact) mass is 315 g/mol. The normalized spacial score (nSPS) is 11.4. The van der Waals surface area contributed by atoms with Crippen LogP contribution in [0.4, 0.5) is 10.2 Å². The van der Waals surface area contributed by atoms with Gasteiger partial charge < -0.3 is 5.32 Å². The fourth-order valence-corrected chi connectivity index (χ4v) is 3.65. The van der Waals surface area contributed by atoms with E-state index in [1.54, 1.807) is 11.3 Å². The topological polar surface area (TPSA) is 37.8 Å². The molecule has 0 saturated carbocycles. The fourth-order valence-electron chi connectivity index (χ4n) is 2.56. The summed E-state index contributed by atoms with van der Waals surface area (Å²) in [5, 5.41) is 4.43. The summed E-state index contributed by atoms with van der Waals surface area (Å²) >= 11 is 1.65. The fraction of sp³-hybridized carbons (Fsp3) is 0.294. The molecule has 2 aromatic heterocycles. The van der Waals surface area contributed by atoms with Crippen molar-refractivity contribution in [3.05, 3.63) is 40.8 Å². The standard InChI is InChI=1S/C17H18FN3S/c1-9(2)19-16-15-14(12-5-7-13(18)8-6-12)10(3)22-17(15)21-11(4)20-16/h5-9H,1-4H3,(H,19,20,21). The van der Waals surface area contributed by atoms with Crippen LogP contribution in [0.25, 0.3) is 21.3 Å². The van der Waals surface area contributed by atoms with Gasteiger partial charge >= 0.3 is 0 Å². The van der Waals surface area contributed by atoms with Crippen molar-refractivity contribution in [2.45, 2.75) is 33.7 Å². The zero-order valence-corrected chi connectivity index (χ0v) is 13.9. The Kier molecular flexibility index (Phi) is 3.83. The molecular formula is C17H18FN3S. The second-order valence-electron chi connectivity index (χ2n) is 5.64. The van der Waals surface area contributed by atoms with Crippen LogP contribution in [0, 0.1) is 19.7 Å². The maximum atomic E-state index is 13.2. The molecule has 1 aromatic carbocycles. The first-order chi connectivity index (χ1) is 10.5. The molecule has 1 N–H and O–H groups in total. The minimum Gasteiger partial charge on any atom is -0.367 e. The van der Waals surface area contributed by atoms with Gasteiger partial charge in [0.05, 0.1) is 5.39 Å². The van der Waals surface area contributed by atoms with Gasteiger partial charge in [0.15, 0.2) is 0 Å². The molecule has 0 fully saturated rings. The van der Waals surface area contributed by atoms with Crippen molar-refractivity contribution in [2.75, 3.05) is 5.32 Å². The highest BCUT2D eigenvalue weighted by Gasteiger charge is 2.18. The van der Waals surface area contributed by atoms with Crippen molar-refractivity contribution in [1.29, 1.82) is 0 Å². The van der Waals surface area contributed by atoms with Gasteiger partial charge in [-0.3, -0.25) is 0 Å². The molecule has 0 spiro atoms. The first-order valence-corrected chi connectivity index (χ1v) is 8.07. The first-order valence-electron chi connectivity index (χ1n) is 7.26. The molecule has 2 heterocycles. The van der Waals surface area contributed by atoms with Crippen molar-refractivity contribution < 1.29 is 4.39 Å². The molecule has 0 unspecified atom stereocenters. The van der Waals surface area contributed by atoms with Gasteiger partial charge in [-0.2, -0.15) is 0 Å². The van der Waals surface area contributed by atoms with Crippen LogP contribution < -0.4 is 5.32 Å². The number of halogens is 1. The second-order valence-corrected chi connectivity index (χ2v) is 6.84. The van der Waals surface area contributed by atoms with E-state index < -0.39 is 0 Å². The summed E-state index contributed by atoms with van der Waals surface area (Å²) in [4.78, 5) is 11.3. The molecule has 5 heteroatoms. The zero-order chi connectivity index (χ0) is 15.9. The van der Waals surface area contributed by atoms with Crippen LogP contribution in [0.1, 0.15) is 24.5 Å². The Bertz CT molecular complexity index is 822. The molecule has 114 valence electrons. The average Bonchev–Trinajstić information content (AvgIpc) is 2.75. The number of rotatable bonds is 3. The Labute approximate surface area is 133 Å². The highest BCUT2D eigenvalue weighted by molar-refractivity contribution is 7.19. The third-order valence-electron chi connectivity index (χ3n) is 3.40. The van der Waals surface area contributed by atoms with E-state index in [0.717, 1.165) is 37.9 Å². The molecule has 0 aliphatic heterocycles. The summed E-state index contributed by atoms with van der Waals surface area (Å²) in [6, 6.07) is 6.87. The maximum Gasteiger partial charge on any atom is 0.139 e. The molecular weight excluding hydrogens is 297 g/mol. The Morgan fingerprint density at radius 1 is 1.09 bits per heavy atom. The van der Waals surface area contributed by atoms with Crippen molar-refractivity contribution in [2.24, 2.45) is 0 Å². The minimum absolute atomic E-state index is 0.228. The minimum atomic E-state index is -0.228. The number of benzene rings is 1. The largest absolute Gasteiger partial charge is 0.367 e. The van der Waals surface area contributed by atoms with E-state index in [-0.39, 0.29) is 11.9 Å². The van der Waals surface area contributed by atoms with Gasteiger partial charge in [0, 0.05) is 16.5 Å². The summed E-state index contributed by atoms with van der Waals surface area (Å²) in [7, 11) is 0. The van der Waals surface area contributed by atoms with Crippen LogP contribution in [0.5, 0.6) is 0 Å². The number of aryl methyl sites for hydroxylation is 2. The Hall–Kier alpha value is -2.01. The Morgan fingerprint density at radius 2 is 1.77 bits per heavy atom. The van der Waals surface area contributed by atoms with Gasteiger partial charge in [0.2, 0.25) is 0 Å². The van der Waals surface area contributed by atoms with E-state index in [1.807, 2.05) is 19.1 Å². The SMILES string of the molecule is Cc1nc(NC(C)C)c2c(-c3ccc(F)cc3)c(C)sc2n1. The van der Waals surface area contributed by atoms with E-state index in [9.17, 15) is 4.39 Å². The van der Waals surface area contributed by atoms with Crippen LogP contribution in [-0.2, 0) is 0 Å². The zero-order valence-electron chi connectivity index (χ0n) is 13.1. The molecule has 0 amide bonds. The van der Waals surface area contributed by atoms with Gasteiger partial charge in [-0.05, 0) is 45.4 Å². The van der Waals surface area contributed by atoms with Crippen LogP contribution >= 0.6 is 11.3 Å². The predicted octanol–water partition coefficient (Wildman–Crippen LogP) is 4.93. The smallest absolute Gasteiger partial charge is 0.139 e. The maximum absolute atomic E-state index is 13.2. The van der Waals surface area contributed by atoms with Crippen molar-refractivity contribution >= 4 is 27.4 Å². The van der Waals surface area contributed by atoms with Crippen molar-refractivity contribution in [1.82, 2.24) is 9.97 Å². The number of anilines is 1. The average molecular weight is 315 g/mol. The second kappa shape index (κ2) is 5.65. The van der Waals surface area contributed by atoms with Crippen LogP contribution in [0.15, 0.2) is 24.3 Å². The van der Waals surface area contributed by atoms with Gasteiger partial charge in [0.25, 0.3) is 0 Å². The van der Waals surface area contributed by atoms with Crippen molar-refractivity contribution in [3.8, 4) is 11.1 Å². The number of fused-ring (bicyclic) bond motifs is 1. The summed E-state index contributed by atoms with van der Waals surface area (Å²) in [5.74, 6) is 1.37. The first kappa shape index (κ1) is 14.9. The van der Waals surface area contributed by atoms with Crippen LogP contribution in [-0.4, -0.2) is 16.0 Å². The van der Waals surface area contributed by atoms with E-state index in [0.29, 0.717) is 0 Å². The number of nitrogens with zero attached hydrogens (tertiary/aromatic N) is 2. The van der Waals surface area contributed by atoms with Crippen LogP contribution in [0.2, 0.25) is 0 Å². The lowest BCUT2D eigenvalue weighted by atomic mass is 10.0. The molecule has 3 nitrogen and oxygen atoms in total. The molecule has 0 aliphatic carbocycles. The third kappa shape index (κ3) is 2.68. The van der Waals surface area contributed by atoms with Crippen LogP contribution in [0.3, 0.4) is 0 Å². The molecule has 0 saturated heterocycles. The lowest BCUT2D eigenvalue weighted by molar-refractivity contribution is 0.628.